The van der Waals surface area contributed by atoms with Crippen molar-refractivity contribution in [2.45, 2.75) is 6.92 Å². The molecule has 1 heterocycles. The predicted octanol–water partition coefficient (Wildman–Crippen LogP) is 3.58. The molecular formula is C16H12N2O5. The van der Waals surface area contributed by atoms with Crippen LogP contribution >= 0.6 is 0 Å². The lowest BCUT2D eigenvalue weighted by atomic mass is 10.1. The minimum atomic E-state index is -0.683. The van der Waals surface area contributed by atoms with Gasteiger partial charge in [-0.05, 0) is 19.1 Å². The molecule has 0 saturated heterocycles. The molecule has 0 amide bonds. The van der Waals surface area contributed by atoms with Crippen molar-refractivity contribution < 1.29 is 18.9 Å². The van der Waals surface area contributed by atoms with Crippen LogP contribution in [0, 0.1) is 10.1 Å². The number of rotatable bonds is 4. The largest absolute Gasteiger partial charge is 0.462 e. The Morgan fingerprint density at radius 3 is 2.70 bits per heavy atom. The van der Waals surface area contributed by atoms with Gasteiger partial charge in [-0.15, -0.1) is 0 Å². The van der Waals surface area contributed by atoms with Crippen LogP contribution in [0.25, 0.3) is 22.6 Å². The molecule has 2 aromatic carbocycles. The fraction of sp³-hybridized carbons (Fsp3) is 0.125. The molecule has 3 rings (SSSR count). The minimum Gasteiger partial charge on any atom is -0.462 e. The Bertz CT molecular complexity index is 886. The quantitative estimate of drug-likeness (QED) is 0.415. The van der Waals surface area contributed by atoms with E-state index in [4.69, 9.17) is 9.15 Å². The summed E-state index contributed by atoms with van der Waals surface area (Å²) in [6, 6.07) is 11.5. The summed E-state index contributed by atoms with van der Waals surface area (Å²) in [4.78, 5) is 26.8. The first kappa shape index (κ1) is 14.7. The summed E-state index contributed by atoms with van der Waals surface area (Å²) in [5.41, 5.74) is 0.870. The molecule has 23 heavy (non-hydrogen) atoms. The molecule has 0 radical (unpaired) electrons. The first-order chi connectivity index (χ1) is 11.1. The summed E-state index contributed by atoms with van der Waals surface area (Å²) < 4.78 is 10.6. The summed E-state index contributed by atoms with van der Waals surface area (Å²) in [5, 5.41) is 11.0. The van der Waals surface area contributed by atoms with Gasteiger partial charge in [-0.1, -0.05) is 18.2 Å². The summed E-state index contributed by atoms with van der Waals surface area (Å²) in [7, 11) is 0. The highest BCUT2D eigenvalue weighted by Gasteiger charge is 2.22. The van der Waals surface area contributed by atoms with E-state index < -0.39 is 10.9 Å². The highest BCUT2D eigenvalue weighted by molar-refractivity contribution is 6.02. The number of oxazole rings is 1. The van der Waals surface area contributed by atoms with Gasteiger partial charge < -0.3 is 9.15 Å². The van der Waals surface area contributed by atoms with Crippen LogP contribution in [-0.2, 0) is 4.74 Å². The monoisotopic (exact) mass is 312 g/mol. The lowest BCUT2D eigenvalue weighted by Gasteiger charge is -2.01. The molecule has 0 aliphatic heterocycles. The molecule has 116 valence electrons. The molecule has 0 bridgehead atoms. The number of carbonyl (C=O) groups is 1. The van der Waals surface area contributed by atoms with Gasteiger partial charge in [0.25, 0.3) is 5.69 Å². The van der Waals surface area contributed by atoms with E-state index in [0.717, 1.165) is 6.07 Å². The van der Waals surface area contributed by atoms with Crippen molar-refractivity contribution in [1.82, 2.24) is 4.98 Å². The Morgan fingerprint density at radius 2 is 2.04 bits per heavy atom. The average molecular weight is 312 g/mol. The maximum Gasteiger partial charge on any atom is 0.342 e. The standard InChI is InChI=1S/C16H12N2O5/c1-2-22-16(19)12-8-11(18(20)21)9-13-14(12)23-15(17-13)10-6-4-3-5-7-10/h3-9H,2H2,1H3. The molecule has 0 aliphatic rings. The van der Waals surface area contributed by atoms with Crippen molar-refractivity contribution in [2.75, 3.05) is 6.61 Å². The number of aromatic nitrogens is 1. The lowest BCUT2D eigenvalue weighted by molar-refractivity contribution is -0.384. The Hall–Kier alpha value is -3.22. The second-order valence-corrected chi connectivity index (χ2v) is 4.70. The topological polar surface area (TPSA) is 95.5 Å². The van der Waals surface area contributed by atoms with E-state index in [1.54, 1.807) is 19.1 Å². The van der Waals surface area contributed by atoms with Crippen molar-refractivity contribution in [2.24, 2.45) is 0 Å². The summed E-state index contributed by atoms with van der Waals surface area (Å²) in [6.07, 6.45) is 0. The van der Waals surface area contributed by atoms with Crippen molar-refractivity contribution in [3.8, 4) is 11.5 Å². The van der Waals surface area contributed by atoms with Crippen LogP contribution in [-0.4, -0.2) is 22.5 Å². The van der Waals surface area contributed by atoms with Gasteiger partial charge in [0.2, 0.25) is 5.89 Å². The third-order valence-corrected chi connectivity index (χ3v) is 3.20. The van der Waals surface area contributed by atoms with Gasteiger partial charge in [0.1, 0.15) is 11.1 Å². The zero-order valence-corrected chi connectivity index (χ0v) is 12.2. The third-order valence-electron chi connectivity index (χ3n) is 3.20. The number of ether oxygens (including phenoxy) is 1. The first-order valence-corrected chi connectivity index (χ1v) is 6.91. The highest BCUT2D eigenvalue weighted by Crippen LogP contribution is 2.30. The Balaban J connectivity index is 2.21. The van der Waals surface area contributed by atoms with Crippen LogP contribution in [0.5, 0.6) is 0 Å². The van der Waals surface area contributed by atoms with Crippen LogP contribution in [0.15, 0.2) is 46.9 Å². The second-order valence-electron chi connectivity index (χ2n) is 4.70. The van der Waals surface area contributed by atoms with Gasteiger partial charge in [0, 0.05) is 17.7 Å². The molecular weight excluding hydrogens is 300 g/mol. The fourth-order valence-electron chi connectivity index (χ4n) is 2.19. The zero-order valence-electron chi connectivity index (χ0n) is 12.2. The van der Waals surface area contributed by atoms with Gasteiger partial charge in [0.05, 0.1) is 11.5 Å². The van der Waals surface area contributed by atoms with E-state index in [1.165, 1.54) is 6.07 Å². The Labute approximate surface area is 130 Å². The van der Waals surface area contributed by atoms with Gasteiger partial charge in [-0.2, -0.15) is 0 Å². The third kappa shape index (κ3) is 2.76. The van der Waals surface area contributed by atoms with Crippen molar-refractivity contribution in [3.05, 3.63) is 58.1 Å². The van der Waals surface area contributed by atoms with E-state index in [9.17, 15) is 14.9 Å². The molecule has 7 nitrogen and oxygen atoms in total. The molecule has 3 aromatic rings. The smallest absolute Gasteiger partial charge is 0.342 e. The normalized spacial score (nSPS) is 10.7. The van der Waals surface area contributed by atoms with Gasteiger partial charge in [-0.25, -0.2) is 9.78 Å². The number of nitrogens with zero attached hydrogens (tertiary/aromatic N) is 2. The maximum atomic E-state index is 12.0. The van der Waals surface area contributed by atoms with Gasteiger partial charge in [-0.3, -0.25) is 10.1 Å². The number of benzene rings is 2. The summed E-state index contributed by atoms with van der Waals surface area (Å²) in [5.74, 6) is -0.399. The van der Waals surface area contributed by atoms with Crippen LogP contribution in [0.2, 0.25) is 0 Å². The van der Waals surface area contributed by atoms with E-state index in [2.05, 4.69) is 4.98 Å². The molecule has 0 aliphatic carbocycles. The molecule has 0 atom stereocenters. The van der Waals surface area contributed by atoms with Gasteiger partial charge >= 0.3 is 5.97 Å². The fourth-order valence-corrected chi connectivity index (χ4v) is 2.19. The number of esters is 1. The van der Waals surface area contributed by atoms with Crippen LogP contribution < -0.4 is 0 Å². The molecule has 7 heteroatoms. The van der Waals surface area contributed by atoms with Gasteiger partial charge in [0.15, 0.2) is 5.58 Å². The number of carbonyl (C=O) groups excluding carboxylic acids is 1. The number of nitro groups is 1. The van der Waals surface area contributed by atoms with Crippen LogP contribution in [0.4, 0.5) is 5.69 Å². The van der Waals surface area contributed by atoms with Crippen molar-refractivity contribution in [3.63, 3.8) is 0 Å². The summed E-state index contributed by atoms with van der Waals surface area (Å²) in [6.45, 7) is 1.81. The number of nitro benzene ring substituents is 1. The maximum absolute atomic E-state index is 12.0. The van der Waals surface area contributed by atoms with E-state index in [-0.39, 0.29) is 34.8 Å². The summed E-state index contributed by atoms with van der Waals surface area (Å²) >= 11 is 0. The highest BCUT2D eigenvalue weighted by atomic mass is 16.6. The molecule has 1 aromatic heterocycles. The number of non-ortho nitro benzene ring substituents is 1. The second kappa shape index (κ2) is 5.88. The van der Waals surface area contributed by atoms with E-state index in [1.807, 2.05) is 18.2 Å². The minimum absolute atomic E-state index is 0.00858. The SMILES string of the molecule is CCOC(=O)c1cc([N+](=O)[O-])cc2nc(-c3ccccc3)oc12. The average Bonchev–Trinajstić information content (AvgIpc) is 2.99. The first-order valence-electron chi connectivity index (χ1n) is 6.91. The molecule has 0 unspecified atom stereocenters. The molecule has 0 saturated carbocycles. The van der Waals surface area contributed by atoms with Crippen molar-refractivity contribution >= 4 is 22.8 Å². The van der Waals surface area contributed by atoms with Crippen LogP contribution in [0.3, 0.4) is 0 Å². The molecule has 0 spiro atoms. The Morgan fingerprint density at radius 1 is 1.30 bits per heavy atom. The zero-order chi connectivity index (χ0) is 16.4. The molecule has 0 fully saturated rings. The number of fused-ring (bicyclic) bond motifs is 1. The van der Waals surface area contributed by atoms with E-state index >= 15 is 0 Å². The van der Waals surface area contributed by atoms with E-state index in [0.29, 0.717) is 5.56 Å². The Kier molecular flexibility index (Phi) is 3.76. The van der Waals surface area contributed by atoms with Crippen molar-refractivity contribution in [1.29, 1.82) is 0 Å². The number of hydrogen-bond donors (Lipinski definition) is 0. The molecule has 0 N–H and O–H groups in total. The van der Waals surface area contributed by atoms with Crippen LogP contribution in [0.1, 0.15) is 17.3 Å². The lowest BCUT2D eigenvalue weighted by Crippen LogP contribution is -2.05. The number of hydrogen-bond acceptors (Lipinski definition) is 6. The predicted molar refractivity (Wildman–Crippen MR) is 82.1 cm³/mol.